The van der Waals surface area contributed by atoms with Crippen LogP contribution < -0.4 is 5.46 Å². The molecule has 2 fully saturated rings. The van der Waals surface area contributed by atoms with E-state index in [0.29, 0.717) is 13.1 Å². The molecule has 0 radical (unpaired) electrons. The molecule has 1 N–H and O–H groups in total. The van der Waals surface area contributed by atoms with Crippen LogP contribution in [-0.4, -0.2) is 71.0 Å². The zero-order valence-corrected chi connectivity index (χ0v) is 18.7. The van der Waals surface area contributed by atoms with Crippen LogP contribution in [0, 0.1) is 0 Å². The number of carboxylic acid groups (broad SMARTS) is 1. The fraction of sp³-hybridized carbons (Fsp3) is 0.682. The number of benzene rings is 1. The molecule has 0 unspecified atom stereocenters. The molecule has 0 atom stereocenters. The summed E-state index contributed by atoms with van der Waals surface area (Å²) in [6, 6.07) is 8.51. The summed E-state index contributed by atoms with van der Waals surface area (Å²) in [5, 5.41) is 9.26. The molecule has 1 aromatic rings. The highest BCUT2D eigenvalue weighted by Gasteiger charge is 2.51. The van der Waals surface area contributed by atoms with Crippen LogP contribution in [0.4, 0.5) is 4.79 Å². The van der Waals surface area contributed by atoms with Crippen molar-refractivity contribution in [1.29, 1.82) is 0 Å². The molecule has 2 aliphatic heterocycles. The summed E-state index contributed by atoms with van der Waals surface area (Å²) < 4.78 is 12.3. The van der Waals surface area contributed by atoms with Crippen LogP contribution in [0.25, 0.3) is 0 Å². The summed E-state index contributed by atoms with van der Waals surface area (Å²) in [6.45, 7) is 15.6. The third kappa shape index (κ3) is 4.78. The van der Waals surface area contributed by atoms with E-state index in [4.69, 9.17) is 9.31 Å². The van der Waals surface area contributed by atoms with Crippen molar-refractivity contribution in [2.45, 2.75) is 71.1 Å². The van der Waals surface area contributed by atoms with E-state index in [0.717, 1.165) is 31.4 Å². The van der Waals surface area contributed by atoms with Gasteiger partial charge in [0.2, 0.25) is 0 Å². The lowest BCUT2D eigenvalue weighted by Crippen LogP contribution is -2.47. The Hall–Kier alpha value is -1.57. The number of amides is 1. The zero-order chi connectivity index (χ0) is 21.4. The Bertz CT molecular complexity index is 717. The maximum absolute atomic E-state index is 11.3. The Kier molecular flexibility index (Phi) is 6.05. The summed E-state index contributed by atoms with van der Waals surface area (Å²) in [4.78, 5) is 15.2. The minimum atomic E-state index is -0.817. The molecular formula is C22H35BN2O4. The molecule has 1 amide bonds. The molecule has 29 heavy (non-hydrogen) atoms. The van der Waals surface area contributed by atoms with Crippen molar-refractivity contribution in [1.82, 2.24) is 9.80 Å². The first-order valence-corrected chi connectivity index (χ1v) is 10.6. The highest BCUT2D eigenvalue weighted by molar-refractivity contribution is 6.62. The molecule has 2 heterocycles. The van der Waals surface area contributed by atoms with E-state index in [9.17, 15) is 9.90 Å². The summed E-state index contributed by atoms with van der Waals surface area (Å²) in [6.07, 6.45) is 0.961. The van der Waals surface area contributed by atoms with E-state index in [1.54, 1.807) is 0 Å². The Morgan fingerprint density at radius 3 is 2.17 bits per heavy atom. The predicted octanol–water partition coefficient (Wildman–Crippen LogP) is 2.99. The van der Waals surface area contributed by atoms with Crippen molar-refractivity contribution in [3.05, 3.63) is 29.8 Å². The Labute approximate surface area is 175 Å². The molecule has 3 rings (SSSR count). The fourth-order valence-electron chi connectivity index (χ4n) is 4.10. The van der Waals surface area contributed by atoms with Gasteiger partial charge in [0.25, 0.3) is 0 Å². The zero-order valence-electron chi connectivity index (χ0n) is 18.7. The summed E-state index contributed by atoms with van der Waals surface area (Å²) >= 11 is 0. The summed E-state index contributed by atoms with van der Waals surface area (Å²) in [5.41, 5.74) is 1.58. The van der Waals surface area contributed by atoms with Gasteiger partial charge in [-0.15, -0.1) is 0 Å². The second-order valence-electron chi connectivity index (χ2n) is 9.93. The van der Waals surface area contributed by atoms with Gasteiger partial charge < -0.3 is 19.3 Å². The quantitative estimate of drug-likeness (QED) is 0.785. The highest BCUT2D eigenvalue weighted by Crippen LogP contribution is 2.36. The van der Waals surface area contributed by atoms with Crippen LogP contribution in [-0.2, 0) is 15.7 Å². The standard InChI is InChI=1S/C22H35BN2O4/c1-20(2,25-13-7-12-24(14-15-25)19(26)27)16-17-8-10-18(11-9-17)23-28-21(3,4)22(5,6)29-23/h8-11H,7,12-16H2,1-6H3,(H,26,27). The lowest BCUT2D eigenvalue weighted by atomic mass is 9.78. The van der Waals surface area contributed by atoms with Crippen LogP contribution in [0.1, 0.15) is 53.5 Å². The van der Waals surface area contributed by atoms with Gasteiger partial charge >= 0.3 is 13.2 Å². The van der Waals surface area contributed by atoms with Gasteiger partial charge in [0, 0.05) is 31.7 Å². The first kappa shape index (κ1) is 22.1. The van der Waals surface area contributed by atoms with E-state index < -0.39 is 6.09 Å². The van der Waals surface area contributed by atoms with Crippen molar-refractivity contribution < 1.29 is 19.2 Å². The van der Waals surface area contributed by atoms with Crippen molar-refractivity contribution >= 4 is 18.7 Å². The Balaban J connectivity index is 1.64. The van der Waals surface area contributed by atoms with Gasteiger partial charge in [0.05, 0.1) is 11.2 Å². The molecule has 6 nitrogen and oxygen atoms in total. The lowest BCUT2D eigenvalue weighted by Gasteiger charge is -2.38. The van der Waals surface area contributed by atoms with Crippen molar-refractivity contribution in [3.8, 4) is 0 Å². The Morgan fingerprint density at radius 2 is 1.62 bits per heavy atom. The van der Waals surface area contributed by atoms with E-state index >= 15 is 0 Å². The van der Waals surface area contributed by atoms with Gasteiger partial charge in [-0.3, -0.25) is 4.90 Å². The number of hydrogen-bond acceptors (Lipinski definition) is 4. The molecule has 2 aliphatic rings. The second kappa shape index (κ2) is 7.93. The first-order valence-electron chi connectivity index (χ1n) is 10.6. The van der Waals surface area contributed by atoms with Gasteiger partial charge in [-0.2, -0.15) is 0 Å². The molecule has 0 saturated carbocycles. The SMILES string of the molecule is CC(C)(Cc1ccc(B2OC(C)(C)C(C)(C)O2)cc1)N1CCCN(C(=O)O)CC1. The minimum absolute atomic E-state index is 0.0413. The maximum Gasteiger partial charge on any atom is 0.494 e. The molecule has 0 aromatic heterocycles. The van der Waals surface area contributed by atoms with Gasteiger partial charge in [0.1, 0.15) is 0 Å². The van der Waals surface area contributed by atoms with E-state index in [1.807, 2.05) is 0 Å². The predicted molar refractivity (Wildman–Crippen MR) is 116 cm³/mol. The van der Waals surface area contributed by atoms with Crippen LogP contribution in [0.5, 0.6) is 0 Å². The smallest absolute Gasteiger partial charge is 0.465 e. The molecule has 0 aliphatic carbocycles. The average Bonchev–Trinajstić information content (AvgIpc) is 2.80. The third-order valence-corrected chi connectivity index (χ3v) is 6.76. The largest absolute Gasteiger partial charge is 0.494 e. The fourth-order valence-corrected chi connectivity index (χ4v) is 4.10. The average molecular weight is 402 g/mol. The normalized spacial score (nSPS) is 22.6. The molecule has 0 bridgehead atoms. The maximum atomic E-state index is 11.3. The van der Waals surface area contributed by atoms with Crippen molar-refractivity contribution in [2.75, 3.05) is 26.2 Å². The number of carbonyl (C=O) groups is 1. The van der Waals surface area contributed by atoms with Crippen LogP contribution in [0.15, 0.2) is 24.3 Å². The Morgan fingerprint density at radius 1 is 1.03 bits per heavy atom. The molecule has 160 valence electrons. The molecule has 0 spiro atoms. The van der Waals surface area contributed by atoms with Gasteiger partial charge in [-0.05, 0) is 65.4 Å². The highest BCUT2D eigenvalue weighted by atomic mass is 16.7. The van der Waals surface area contributed by atoms with E-state index in [-0.39, 0.29) is 23.9 Å². The minimum Gasteiger partial charge on any atom is -0.465 e. The molecule has 2 saturated heterocycles. The number of hydrogen-bond donors (Lipinski definition) is 1. The van der Waals surface area contributed by atoms with Gasteiger partial charge in [0.15, 0.2) is 0 Å². The lowest BCUT2D eigenvalue weighted by molar-refractivity contribution is 0.00578. The van der Waals surface area contributed by atoms with E-state index in [2.05, 4.69) is 70.7 Å². The monoisotopic (exact) mass is 402 g/mol. The van der Waals surface area contributed by atoms with Crippen molar-refractivity contribution in [2.24, 2.45) is 0 Å². The number of rotatable bonds is 4. The second-order valence-corrected chi connectivity index (χ2v) is 9.93. The van der Waals surface area contributed by atoms with E-state index in [1.165, 1.54) is 10.5 Å². The topological polar surface area (TPSA) is 62.2 Å². The van der Waals surface area contributed by atoms with Crippen molar-refractivity contribution in [3.63, 3.8) is 0 Å². The number of nitrogens with zero attached hydrogens (tertiary/aromatic N) is 2. The van der Waals surface area contributed by atoms with Gasteiger partial charge in [-0.25, -0.2) is 4.79 Å². The van der Waals surface area contributed by atoms with Gasteiger partial charge in [-0.1, -0.05) is 24.3 Å². The molecular weight excluding hydrogens is 367 g/mol. The molecule has 1 aromatic carbocycles. The molecule has 7 heteroatoms. The summed E-state index contributed by atoms with van der Waals surface area (Å²) in [7, 11) is -0.338. The third-order valence-electron chi connectivity index (χ3n) is 6.76. The first-order chi connectivity index (χ1) is 13.4. The summed E-state index contributed by atoms with van der Waals surface area (Å²) in [5.74, 6) is 0. The van der Waals surface area contributed by atoms with Crippen LogP contribution >= 0.6 is 0 Å². The van der Waals surface area contributed by atoms with Crippen LogP contribution in [0.3, 0.4) is 0 Å². The van der Waals surface area contributed by atoms with Crippen LogP contribution in [0.2, 0.25) is 0 Å².